The number of likely N-dealkylation sites (tertiary alicyclic amines) is 1. The lowest BCUT2D eigenvalue weighted by atomic mass is 10.2. The zero-order valence-corrected chi connectivity index (χ0v) is 13.0. The Hall–Kier alpha value is -1.49. The molecule has 3 N–H and O–H groups in total. The molecule has 2 rings (SSSR count). The van der Waals surface area contributed by atoms with E-state index in [-0.39, 0.29) is 5.75 Å². The SMILES string of the molecule is CCCOc1cc(NCC2CCCN2CC)c(N)cc1F. The fourth-order valence-corrected chi connectivity index (χ4v) is 2.81. The van der Waals surface area contributed by atoms with Crippen LogP contribution < -0.4 is 15.8 Å². The Balaban J connectivity index is 2.01. The van der Waals surface area contributed by atoms with Crippen LogP contribution in [0.15, 0.2) is 12.1 Å². The molecule has 0 saturated carbocycles. The van der Waals surface area contributed by atoms with Crippen LogP contribution in [0.5, 0.6) is 5.75 Å². The summed E-state index contributed by atoms with van der Waals surface area (Å²) in [5, 5.41) is 3.35. The third-order valence-corrected chi connectivity index (χ3v) is 4.00. The van der Waals surface area contributed by atoms with Crippen molar-refractivity contribution in [1.82, 2.24) is 4.90 Å². The van der Waals surface area contributed by atoms with Crippen LogP contribution in [0.2, 0.25) is 0 Å². The monoisotopic (exact) mass is 295 g/mol. The van der Waals surface area contributed by atoms with Crippen molar-refractivity contribution in [2.24, 2.45) is 0 Å². The second-order valence-electron chi connectivity index (χ2n) is 5.52. The quantitative estimate of drug-likeness (QED) is 0.759. The summed E-state index contributed by atoms with van der Waals surface area (Å²) in [7, 11) is 0. The Morgan fingerprint density at radius 3 is 2.95 bits per heavy atom. The molecule has 1 atom stereocenters. The molecule has 1 aliphatic rings. The Morgan fingerprint density at radius 2 is 2.24 bits per heavy atom. The van der Waals surface area contributed by atoms with E-state index in [9.17, 15) is 4.39 Å². The van der Waals surface area contributed by atoms with E-state index in [2.05, 4.69) is 17.1 Å². The smallest absolute Gasteiger partial charge is 0.167 e. The third-order valence-electron chi connectivity index (χ3n) is 4.00. The summed E-state index contributed by atoms with van der Waals surface area (Å²) in [6, 6.07) is 3.53. The first-order valence-electron chi connectivity index (χ1n) is 7.85. The molecule has 0 radical (unpaired) electrons. The number of hydrogen-bond acceptors (Lipinski definition) is 4. The van der Waals surface area contributed by atoms with E-state index in [4.69, 9.17) is 10.5 Å². The van der Waals surface area contributed by atoms with Gasteiger partial charge in [-0.3, -0.25) is 4.90 Å². The van der Waals surface area contributed by atoms with Crippen LogP contribution in [0.25, 0.3) is 0 Å². The molecule has 118 valence electrons. The number of anilines is 2. The summed E-state index contributed by atoms with van der Waals surface area (Å²) in [6.07, 6.45) is 3.28. The number of rotatable bonds is 7. The summed E-state index contributed by atoms with van der Waals surface area (Å²) >= 11 is 0. The van der Waals surface area contributed by atoms with Gasteiger partial charge >= 0.3 is 0 Å². The van der Waals surface area contributed by atoms with Gasteiger partial charge in [0.25, 0.3) is 0 Å². The topological polar surface area (TPSA) is 50.5 Å². The minimum absolute atomic E-state index is 0.271. The van der Waals surface area contributed by atoms with Crippen molar-refractivity contribution in [3.63, 3.8) is 0 Å². The molecular weight excluding hydrogens is 269 g/mol. The molecule has 1 saturated heterocycles. The van der Waals surface area contributed by atoms with E-state index >= 15 is 0 Å². The predicted molar refractivity (Wildman–Crippen MR) is 85.4 cm³/mol. The van der Waals surface area contributed by atoms with Gasteiger partial charge < -0.3 is 15.8 Å². The van der Waals surface area contributed by atoms with Crippen LogP contribution in [-0.4, -0.2) is 37.2 Å². The highest BCUT2D eigenvalue weighted by molar-refractivity contribution is 5.68. The lowest BCUT2D eigenvalue weighted by molar-refractivity contribution is 0.277. The number of halogens is 1. The normalized spacial score (nSPS) is 18.9. The molecule has 1 aromatic rings. The van der Waals surface area contributed by atoms with Crippen molar-refractivity contribution in [2.75, 3.05) is 37.3 Å². The van der Waals surface area contributed by atoms with Gasteiger partial charge in [0.1, 0.15) is 0 Å². The summed E-state index contributed by atoms with van der Waals surface area (Å²) < 4.78 is 19.2. The fourth-order valence-electron chi connectivity index (χ4n) is 2.81. The first kappa shape index (κ1) is 15.9. The van der Waals surface area contributed by atoms with E-state index in [0.29, 0.717) is 18.3 Å². The molecule has 1 heterocycles. The van der Waals surface area contributed by atoms with Gasteiger partial charge in [-0.05, 0) is 32.4 Å². The molecule has 1 aromatic carbocycles. The van der Waals surface area contributed by atoms with Gasteiger partial charge in [0.05, 0.1) is 18.0 Å². The second kappa shape index (κ2) is 7.50. The summed E-state index contributed by atoms with van der Waals surface area (Å²) in [5.74, 6) is -0.130. The van der Waals surface area contributed by atoms with Crippen molar-refractivity contribution >= 4 is 11.4 Å². The number of likely N-dealkylation sites (N-methyl/N-ethyl adjacent to an activating group) is 1. The lowest BCUT2D eigenvalue weighted by Crippen LogP contribution is -2.34. The van der Waals surface area contributed by atoms with Gasteiger partial charge in [0, 0.05) is 24.7 Å². The van der Waals surface area contributed by atoms with Gasteiger partial charge in [0.15, 0.2) is 11.6 Å². The molecule has 5 heteroatoms. The van der Waals surface area contributed by atoms with Gasteiger partial charge in [0.2, 0.25) is 0 Å². The number of nitrogens with two attached hydrogens (primary N) is 1. The van der Waals surface area contributed by atoms with Gasteiger partial charge in [-0.2, -0.15) is 0 Å². The maximum Gasteiger partial charge on any atom is 0.167 e. The van der Waals surface area contributed by atoms with E-state index in [1.54, 1.807) is 6.07 Å². The van der Waals surface area contributed by atoms with E-state index < -0.39 is 5.82 Å². The molecule has 21 heavy (non-hydrogen) atoms. The molecule has 1 aliphatic heterocycles. The maximum absolute atomic E-state index is 13.8. The largest absolute Gasteiger partial charge is 0.490 e. The number of nitrogen functional groups attached to an aromatic ring is 1. The van der Waals surface area contributed by atoms with Crippen LogP contribution in [0, 0.1) is 5.82 Å². The first-order valence-corrected chi connectivity index (χ1v) is 7.85. The number of nitrogens with one attached hydrogen (secondary N) is 1. The van der Waals surface area contributed by atoms with Crippen molar-refractivity contribution in [1.29, 1.82) is 0 Å². The van der Waals surface area contributed by atoms with Crippen LogP contribution in [0.4, 0.5) is 15.8 Å². The molecule has 0 spiro atoms. The molecular formula is C16H26FN3O. The molecule has 0 amide bonds. The molecule has 1 fully saturated rings. The van der Waals surface area contributed by atoms with Gasteiger partial charge in [-0.25, -0.2) is 4.39 Å². The lowest BCUT2D eigenvalue weighted by Gasteiger charge is -2.24. The Labute approximate surface area is 126 Å². The van der Waals surface area contributed by atoms with Crippen LogP contribution in [0.1, 0.15) is 33.1 Å². The van der Waals surface area contributed by atoms with Crippen LogP contribution >= 0.6 is 0 Å². The Morgan fingerprint density at radius 1 is 1.43 bits per heavy atom. The summed E-state index contributed by atoms with van der Waals surface area (Å²) in [5.41, 5.74) is 7.08. The Kier molecular flexibility index (Phi) is 5.67. The minimum Gasteiger partial charge on any atom is -0.490 e. The highest BCUT2D eigenvalue weighted by Gasteiger charge is 2.22. The molecule has 0 bridgehead atoms. The average Bonchev–Trinajstić information content (AvgIpc) is 2.93. The number of benzene rings is 1. The zero-order valence-electron chi connectivity index (χ0n) is 13.0. The van der Waals surface area contributed by atoms with Crippen molar-refractivity contribution in [3.8, 4) is 5.75 Å². The maximum atomic E-state index is 13.8. The second-order valence-corrected chi connectivity index (χ2v) is 5.52. The van der Waals surface area contributed by atoms with Gasteiger partial charge in [-0.15, -0.1) is 0 Å². The minimum atomic E-state index is -0.400. The highest BCUT2D eigenvalue weighted by atomic mass is 19.1. The number of ether oxygens (including phenoxy) is 1. The zero-order chi connectivity index (χ0) is 15.2. The first-order chi connectivity index (χ1) is 10.2. The molecule has 0 aromatic heterocycles. The predicted octanol–water partition coefficient (Wildman–Crippen LogP) is 3.09. The fraction of sp³-hybridized carbons (Fsp3) is 0.625. The molecule has 1 unspecified atom stereocenters. The van der Waals surface area contributed by atoms with Gasteiger partial charge in [-0.1, -0.05) is 13.8 Å². The molecule has 0 aliphatic carbocycles. The van der Waals surface area contributed by atoms with Crippen molar-refractivity contribution in [3.05, 3.63) is 17.9 Å². The number of nitrogens with zero attached hydrogens (tertiary/aromatic N) is 1. The van der Waals surface area contributed by atoms with E-state index in [0.717, 1.165) is 31.7 Å². The molecule has 4 nitrogen and oxygen atoms in total. The Bertz CT molecular complexity index is 467. The van der Waals surface area contributed by atoms with E-state index in [1.165, 1.54) is 18.9 Å². The van der Waals surface area contributed by atoms with Crippen molar-refractivity contribution in [2.45, 2.75) is 39.2 Å². The average molecular weight is 295 g/mol. The number of hydrogen-bond donors (Lipinski definition) is 2. The van der Waals surface area contributed by atoms with Crippen LogP contribution in [0.3, 0.4) is 0 Å². The van der Waals surface area contributed by atoms with Crippen LogP contribution in [-0.2, 0) is 0 Å². The van der Waals surface area contributed by atoms with Crippen molar-refractivity contribution < 1.29 is 9.13 Å². The summed E-state index contributed by atoms with van der Waals surface area (Å²) in [6.45, 7) is 7.74. The third kappa shape index (κ3) is 4.00. The standard InChI is InChI=1S/C16H26FN3O/c1-3-8-21-16-10-15(14(18)9-13(16)17)19-11-12-6-5-7-20(12)4-2/h9-10,12,19H,3-8,11,18H2,1-2H3. The highest BCUT2D eigenvalue weighted by Crippen LogP contribution is 2.29. The van der Waals surface area contributed by atoms with E-state index in [1.807, 2.05) is 6.92 Å². The summed E-state index contributed by atoms with van der Waals surface area (Å²) in [4.78, 5) is 2.46.